The molecule has 8 fully saturated rings. The lowest BCUT2D eigenvalue weighted by molar-refractivity contribution is -0.125. The number of fused-ring (bicyclic) bond motifs is 8. The number of tetrazole rings is 2. The molecular formula is C96H110N22O14S2. The number of sulfonamides is 2. The molecule has 0 unspecified atom stereocenters. The van der Waals surface area contributed by atoms with Crippen molar-refractivity contribution < 1.29 is 64.3 Å². The van der Waals surface area contributed by atoms with Crippen LogP contribution in [0.3, 0.4) is 0 Å². The molecule has 0 radical (unpaired) electrons. The summed E-state index contributed by atoms with van der Waals surface area (Å²) in [5, 5.41) is 29.7. The van der Waals surface area contributed by atoms with Crippen LogP contribution >= 0.6 is 0 Å². The van der Waals surface area contributed by atoms with E-state index in [2.05, 4.69) is 89.9 Å². The average Bonchev–Trinajstić information content (AvgIpc) is 1.61. The number of amidine groups is 4. The van der Waals surface area contributed by atoms with E-state index in [0.717, 1.165) is 325 Å². The Hall–Kier alpha value is -13.1. The number of aromatic nitrogens is 8. The van der Waals surface area contributed by atoms with Crippen molar-refractivity contribution in [2.45, 2.75) is 75.0 Å². The Kier molecular flexibility index (Phi) is 25.6. The number of methoxy groups -OCH3 is 4. The summed E-state index contributed by atoms with van der Waals surface area (Å²) in [5.74, 6) is 13.6. The molecule has 10 aromatic rings. The number of para-hydroxylation sites is 8. The molecule has 8 aromatic carbocycles. The minimum atomic E-state index is -3.56. The van der Waals surface area contributed by atoms with Crippen LogP contribution in [-0.4, -0.2) is 304 Å². The quantitative estimate of drug-likeness (QED) is 0.0550. The third-order valence-corrected chi connectivity index (χ3v) is 28.2. The zero-order valence-electron chi connectivity index (χ0n) is 76.0. The lowest BCUT2D eigenvalue weighted by Gasteiger charge is -2.38. The van der Waals surface area contributed by atoms with Crippen molar-refractivity contribution in [3.63, 3.8) is 0 Å². The summed E-state index contributed by atoms with van der Waals surface area (Å²) in [6.07, 6.45) is 11.2. The molecule has 12 aliphatic rings. The number of ether oxygens (including phenoxy) is 8. The van der Waals surface area contributed by atoms with Crippen molar-refractivity contribution in [3.05, 3.63) is 204 Å². The molecule has 4 aliphatic carbocycles. The number of aromatic amines is 2. The molecule has 36 nitrogen and oxygen atoms in total. The summed E-state index contributed by atoms with van der Waals surface area (Å²) < 4.78 is 97.0. The van der Waals surface area contributed by atoms with Crippen LogP contribution < -0.4 is 47.3 Å². The summed E-state index contributed by atoms with van der Waals surface area (Å²) in [6.45, 7) is 17.0. The lowest BCUT2D eigenvalue weighted by atomic mass is 10.0. The van der Waals surface area contributed by atoms with Gasteiger partial charge >= 0.3 is 0 Å². The van der Waals surface area contributed by atoms with Gasteiger partial charge < -0.3 is 57.5 Å². The number of amides is 2. The van der Waals surface area contributed by atoms with Crippen LogP contribution in [0.15, 0.2) is 190 Å². The SMILES string of the molecule is COc1ccc2c(c1)C(N1CCN(CC3(C(=O)NS(C)(=O)=O)CC3)CC1)=Nc1ccccc1O2.COc1ccc2c(c1)C(N1CCN(CC3(c4nn[nH]n4)CC3)CC1)=Nc1ccccc1O2.COc1ccc2c(c1)C(N1CCN(CCC3(C(=O)NS(C)(=O)=O)CC3)CC1)=Nc1ccccc1O2.COc1ccc2c(c1)C(N1CCN(CCC3(c4nn[nH]n4)CC3)CC1)=Nc1ccccc1O2. The van der Waals surface area contributed by atoms with Gasteiger partial charge in [0.15, 0.2) is 34.6 Å². The van der Waals surface area contributed by atoms with E-state index in [1.54, 1.807) is 28.4 Å². The minimum absolute atomic E-state index is 0.0712. The fourth-order valence-electron chi connectivity index (χ4n) is 18.5. The van der Waals surface area contributed by atoms with Crippen LogP contribution in [0.4, 0.5) is 22.7 Å². The number of rotatable bonds is 20. The Morgan fingerprint density at radius 3 is 0.933 bits per heavy atom. The Morgan fingerprint density at radius 1 is 0.351 bits per heavy atom. The van der Waals surface area contributed by atoms with Gasteiger partial charge in [0.1, 0.15) is 92.1 Å². The van der Waals surface area contributed by atoms with Gasteiger partial charge in [-0.25, -0.2) is 36.8 Å². The third kappa shape index (κ3) is 20.3. The van der Waals surface area contributed by atoms with Crippen molar-refractivity contribution in [3.8, 4) is 69.0 Å². The molecule has 2 aromatic heterocycles. The van der Waals surface area contributed by atoms with Crippen molar-refractivity contribution in [2.24, 2.45) is 30.8 Å². The Bertz CT molecular complexity index is 6350. The Balaban J connectivity index is 0.000000115. The second kappa shape index (κ2) is 38.1. The van der Waals surface area contributed by atoms with Gasteiger partial charge in [-0.15, -0.1) is 20.4 Å². The maximum absolute atomic E-state index is 12.5. The van der Waals surface area contributed by atoms with E-state index in [4.69, 9.17) is 57.9 Å². The largest absolute Gasteiger partial charge is 0.497 e. The molecule has 2 amide bonds. The molecule has 0 atom stereocenters. The Morgan fingerprint density at radius 2 is 0.642 bits per heavy atom. The van der Waals surface area contributed by atoms with Crippen LogP contribution in [0.5, 0.6) is 69.0 Å². The first-order valence-corrected chi connectivity index (χ1v) is 49.4. The van der Waals surface area contributed by atoms with Gasteiger partial charge in [0.05, 0.1) is 74.0 Å². The zero-order valence-corrected chi connectivity index (χ0v) is 77.6. The molecule has 22 rings (SSSR count). The maximum atomic E-state index is 12.5. The van der Waals surface area contributed by atoms with Gasteiger partial charge in [-0.3, -0.25) is 38.6 Å². The number of aliphatic imine (C=N–C) groups is 4. The van der Waals surface area contributed by atoms with E-state index in [-0.39, 0.29) is 22.6 Å². The predicted octanol–water partition coefficient (Wildman–Crippen LogP) is 11.0. The van der Waals surface area contributed by atoms with Crippen molar-refractivity contribution in [2.75, 3.05) is 172 Å². The second-order valence-corrected chi connectivity index (χ2v) is 39.6. The van der Waals surface area contributed by atoms with Crippen LogP contribution in [0.2, 0.25) is 0 Å². The van der Waals surface area contributed by atoms with Crippen LogP contribution in [0.1, 0.15) is 98.1 Å². The molecular weight excluding hydrogens is 1750 g/mol. The molecule has 38 heteroatoms. The first kappa shape index (κ1) is 90.0. The monoisotopic (exact) mass is 1860 g/mol. The van der Waals surface area contributed by atoms with E-state index in [1.807, 2.05) is 170 Å². The smallest absolute Gasteiger partial charge is 0.240 e. The highest BCUT2D eigenvalue weighted by molar-refractivity contribution is 7.89. The van der Waals surface area contributed by atoms with Gasteiger partial charge in [-0.2, -0.15) is 10.4 Å². The molecule has 4 saturated carbocycles. The molecule has 4 N–H and O–H groups in total. The van der Waals surface area contributed by atoms with Gasteiger partial charge in [0, 0.05) is 129 Å². The van der Waals surface area contributed by atoms with Crippen LogP contribution in [0, 0.1) is 10.8 Å². The molecule has 0 bridgehead atoms. The number of nitrogens with zero attached hydrogens (tertiary/aromatic N) is 18. The number of piperazine rings is 4. The van der Waals surface area contributed by atoms with Crippen LogP contribution in [0.25, 0.3) is 0 Å². The molecule has 700 valence electrons. The molecule has 8 aliphatic heterocycles. The molecule has 10 heterocycles. The standard InChI is InChI=1S/C25H30N4O5S.C24H27N7O2.C24H28N4O5S.C23H25N7O2/c1-33-18-7-8-21-19(17-18)23(26-20-5-3-4-6-22(20)34-21)29-15-13-28(14-16-29)12-11-25(9-10-25)24(30)27-35(2,31)32;1-32-17-6-7-20-18(16-17)22(25-19-4-2-3-5-21(19)33-20)31-14-12-30(13-15-31)11-10-24(8-9-24)23-26-28-29-27-23;1-32-17-7-8-20-18(15-17)22(25-19-5-3-4-6-21(19)33-20)28-13-11-27(12-14-28)16-24(9-10-24)23(29)26-34(2,30)31;1-31-16-6-7-19-17(14-16)21(24-18-4-2-3-5-20(18)32-19)30-12-10-29(11-13-30)15-23(8-9-23)22-25-27-28-26-22/h3-8,17H,9-16H2,1-2H3,(H,27,30);2-7,16H,8-15H2,1H3,(H,26,27,28,29);3-8,15H,9-14,16H2,1-2H3,(H,26,29);2-7,14H,8-13,15H2,1H3,(H,25,26,27,28). The highest BCUT2D eigenvalue weighted by atomic mass is 32.2. The van der Waals surface area contributed by atoms with E-state index in [9.17, 15) is 26.4 Å². The topological polar surface area (TPSA) is 385 Å². The lowest BCUT2D eigenvalue weighted by Crippen LogP contribution is -2.52. The molecule has 4 saturated heterocycles. The first-order valence-electron chi connectivity index (χ1n) is 45.6. The summed E-state index contributed by atoms with van der Waals surface area (Å²) >= 11 is 0. The van der Waals surface area contributed by atoms with E-state index >= 15 is 0 Å². The number of hydrogen-bond donors (Lipinski definition) is 4. The maximum Gasteiger partial charge on any atom is 0.240 e. The van der Waals surface area contributed by atoms with Gasteiger partial charge in [-0.1, -0.05) is 59.0 Å². The number of nitrogens with one attached hydrogen (secondary N) is 4. The predicted molar refractivity (Wildman–Crippen MR) is 504 cm³/mol. The van der Waals surface area contributed by atoms with Crippen LogP contribution in [-0.2, 0) is 40.5 Å². The van der Waals surface area contributed by atoms with E-state index < -0.39 is 30.9 Å². The summed E-state index contributed by atoms with van der Waals surface area (Å²) in [6, 6.07) is 54.6. The number of carbonyl (C=O) groups is 2. The fraction of sp³-hybridized carbons (Fsp3) is 0.417. The van der Waals surface area contributed by atoms with E-state index in [1.165, 1.54) is 0 Å². The van der Waals surface area contributed by atoms with Crippen molar-refractivity contribution in [1.82, 2.24) is 89.9 Å². The highest BCUT2D eigenvalue weighted by Crippen LogP contribution is 2.53. The minimum Gasteiger partial charge on any atom is -0.497 e. The average molecular weight is 1860 g/mol. The highest BCUT2D eigenvalue weighted by Gasteiger charge is 2.54. The van der Waals surface area contributed by atoms with Crippen molar-refractivity contribution in [1.29, 1.82) is 0 Å². The Labute approximate surface area is 778 Å². The van der Waals surface area contributed by atoms with Gasteiger partial charge in [0.25, 0.3) is 0 Å². The summed E-state index contributed by atoms with van der Waals surface area (Å²) in [7, 11) is -0.444. The summed E-state index contributed by atoms with van der Waals surface area (Å²) in [4.78, 5) is 63.8. The summed E-state index contributed by atoms with van der Waals surface area (Å²) in [5.41, 5.74) is 5.99. The number of benzene rings is 8. The normalized spacial score (nSPS) is 19.1. The second-order valence-electron chi connectivity index (χ2n) is 36.2. The third-order valence-electron chi connectivity index (χ3n) is 27.1. The van der Waals surface area contributed by atoms with Crippen molar-refractivity contribution >= 4 is 78.0 Å². The first-order chi connectivity index (χ1) is 65.0. The number of H-pyrrole nitrogens is 2. The fourth-order valence-corrected chi connectivity index (χ4v) is 19.6. The van der Waals surface area contributed by atoms with E-state index in [0.29, 0.717) is 31.6 Å². The molecule has 0 spiro atoms. The number of carbonyl (C=O) groups excluding carboxylic acids is 2. The molecule has 134 heavy (non-hydrogen) atoms. The zero-order chi connectivity index (χ0) is 92.4. The number of hydrogen-bond acceptors (Lipinski definition) is 32. The van der Waals surface area contributed by atoms with Gasteiger partial charge in [-0.05, 0) is 199 Å². The van der Waals surface area contributed by atoms with Gasteiger partial charge in [0.2, 0.25) is 31.9 Å².